The van der Waals surface area contributed by atoms with Gasteiger partial charge in [0.1, 0.15) is 0 Å². The fourth-order valence-corrected chi connectivity index (χ4v) is 10.9. The molecule has 0 aliphatic rings. The van der Waals surface area contributed by atoms with Gasteiger partial charge < -0.3 is 4.57 Å². The van der Waals surface area contributed by atoms with Gasteiger partial charge in [-0.1, -0.05) is 30.3 Å². The molecule has 2 heterocycles. The number of nitrogens with zero attached hydrogens (tertiary/aromatic N) is 2. The first kappa shape index (κ1) is 31.3. The molecule has 2 aromatic heterocycles. The van der Waals surface area contributed by atoms with Crippen LogP contribution < -0.4 is 19.7 Å². The van der Waals surface area contributed by atoms with Gasteiger partial charge in [-0.15, -0.1) is 0 Å². The summed E-state index contributed by atoms with van der Waals surface area (Å²) in [7, 11) is 0. The van der Waals surface area contributed by atoms with Crippen molar-refractivity contribution in [2.75, 3.05) is 0 Å². The van der Waals surface area contributed by atoms with E-state index in [0.29, 0.717) is 0 Å². The zero-order chi connectivity index (χ0) is 33.2. The summed E-state index contributed by atoms with van der Waals surface area (Å²) in [5, 5.41) is 6.18. The zero-order valence-corrected chi connectivity index (χ0v) is 29.9. The quantitative estimate of drug-likeness (QED) is 0.0827. The molecule has 6 aromatic carbocycles. The van der Waals surface area contributed by atoms with Gasteiger partial charge >= 0.3 is 202 Å². The number of benzene rings is 6. The van der Waals surface area contributed by atoms with Crippen molar-refractivity contribution < 1.29 is 9.09 Å². The second-order valence-corrected chi connectivity index (χ2v) is 17.8. The Hall–Kier alpha value is -4.98. The van der Waals surface area contributed by atoms with Crippen LogP contribution in [0.15, 0.2) is 164 Å². The number of fused-ring (bicyclic) bond motifs is 4. The van der Waals surface area contributed by atoms with E-state index in [2.05, 4.69) is 195 Å². The average Bonchev–Trinajstić information content (AvgIpc) is 3.49. The predicted octanol–water partition coefficient (Wildman–Crippen LogP) is 9.52. The van der Waals surface area contributed by atoms with Crippen LogP contribution in [0.5, 0.6) is 5.75 Å². The van der Waals surface area contributed by atoms with Crippen LogP contribution in [0.1, 0.15) is 23.6 Å². The topological polar surface area (TPSA) is 18.0 Å². The molecule has 0 spiro atoms. The summed E-state index contributed by atoms with van der Waals surface area (Å²) in [6, 6.07) is 56.0. The van der Waals surface area contributed by atoms with E-state index >= 15 is 0 Å². The molecule has 8 aromatic rings. The van der Waals surface area contributed by atoms with Gasteiger partial charge in [-0.3, -0.25) is 0 Å². The van der Waals surface area contributed by atoms with Crippen LogP contribution in [0, 0.1) is 0 Å². The predicted molar refractivity (Wildman–Crippen MR) is 209 cm³/mol. The van der Waals surface area contributed by atoms with E-state index in [-0.39, 0.29) is 0 Å². The van der Waals surface area contributed by atoms with Crippen LogP contribution in [-0.2, 0) is 13.1 Å². The summed E-state index contributed by atoms with van der Waals surface area (Å²) < 4.78 is 11.5. The molecule has 0 unspecified atom stereocenters. The molecular weight excluding hydrogens is 682 g/mol. The molecule has 0 saturated heterocycles. The molecule has 0 amide bonds. The first-order valence-electron chi connectivity index (χ1n) is 16.7. The first-order chi connectivity index (χ1) is 24.1. The van der Waals surface area contributed by atoms with Crippen molar-refractivity contribution in [2.45, 2.75) is 20.0 Å². The molecule has 0 atom stereocenters. The zero-order valence-electron chi connectivity index (χ0n) is 27.3. The van der Waals surface area contributed by atoms with E-state index in [4.69, 9.17) is 4.52 Å². The van der Waals surface area contributed by atoms with Gasteiger partial charge in [0.15, 0.2) is 0 Å². The van der Waals surface area contributed by atoms with Crippen LogP contribution in [0.3, 0.4) is 0 Å². The van der Waals surface area contributed by atoms with E-state index in [9.17, 15) is 0 Å². The number of hydrogen-bond acceptors (Lipinski definition) is 1. The molecule has 8 rings (SSSR count). The van der Waals surface area contributed by atoms with E-state index < -0.39 is 5.74 Å². The summed E-state index contributed by atoms with van der Waals surface area (Å²) in [5.41, 5.74) is 5.19. The third-order valence-electron chi connectivity index (χ3n) is 9.23. The van der Waals surface area contributed by atoms with Crippen molar-refractivity contribution in [2.24, 2.45) is 0 Å². The van der Waals surface area contributed by atoms with E-state index in [1.165, 1.54) is 60.0 Å². The summed E-state index contributed by atoms with van der Waals surface area (Å²) in [6.45, 7) is 3.93. The Labute approximate surface area is 295 Å². The van der Waals surface area contributed by atoms with Gasteiger partial charge in [0.2, 0.25) is 0 Å². The Kier molecular flexibility index (Phi) is 8.62. The van der Waals surface area contributed by atoms with Crippen LogP contribution >= 0.6 is 5.74 Å². The first-order valence-corrected chi connectivity index (χ1v) is 20.6. The second-order valence-electron chi connectivity index (χ2n) is 12.2. The van der Waals surface area contributed by atoms with E-state index in [1.807, 2.05) is 12.1 Å². The fourth-order valence-electron chi connectivity index (χ4n) is 6.80. The minimum Gasteiger partial charge on any atom is -0.0529 e. The second kappa shape index (κ2) is 13.5. The minimum atomic E-state index is -2.21. The standard InChI is InChI=1S/C44H36N2OPSe/c1-2-46-43-20-12-10-18-40(43)41-31-33(24-28-44(41)46)21-25-35-29-30-45(42-19-11-9-17-39(35)42)32-34-22-26-36(27-23-34)47-48(49,37-13-5-3-6-14-37)38-15-7-4-8-16-38/h3-31H,2,32H2,1H3/q+1. The third kappa shape index (κ3) is 6.09. The summed E-state index contributed by atoms with van der Waals surface area (Å²) >= 11 is 3.47. The molecule has 0 bridgehead atoms. The van der Waals surface area contributed by atoms with Crippen molar-refractivity contribution in [3.05, 3.63) is 181 Å². The molecule has 0 N–H and O–H groups in total. The Morgan fingerprint density at radius 2 is 1.27 bits per heavy atom. The molecule has 0 radical (unpaired) electrons. The number of aryl methyl sites for hydroxylation is 1. The molecule has 0 fully saturated rings. The number of aromatic nitrogens is 2. The number of para-hydroxylation sites is 2. The van der Waals surface area contributed by atoms with Crippen molar-refractivity contribution in [1.29, 1.82) is 0 Å². The minimum absolute atomic E-state index is 0.763. The SMILES string of the molecule is CCn1c2ccccc2c2cc(/C=C/c3cc[n+](Cc4ccc(OP(=[Se])(c5ccccc5)c5ccccc5)cc4)c4ccccc34)ccc21. The van der Waals surface area contributed by atoms with Crippen LogP contribution in [0.4, 0.5) is 0 Å². The maximum absolute atomic E-state index is 6.82. The average molecular weight is 719 g/mol. The van der Waals surface area contributed by atoms with Gasteiger partial charge in [0, 0.05) is 28.4 Å². The van der Waals surface area contributed by atoms with Crippen LogP contribution in [0.2, 0.25) is 0 Å². The maximum atomic E-state index is 6.82. The van der Waals surface area contributed by atoms with Gasteiger partial charge in [0.05, 0.1) is 0 Å². The molecule has 5 heteroatoms. The Balaban J connectivity index is 1.05. The van der Waals surface area contributed by atoms with Crippen molar-refractivity contribution in [3.63, 3.8) is 0 Å². The molecular formula is C44H36N2OPSe+. The molecule has 3 nitrogen and oxygen atoms in total. The summed E-state index contributed by atoms with van der Waals surface area (Å²) in [5.74, 6) is 0.858. The number of hydrogen-bond donors (Lipinski definition) is 0. The summed E-state index contributed by atoms with van der Waals surface area (Å²) in [4.78, 5) is 0. The molecule has 0 aliphatic carbocycles. The number of rotatable bonds is 9. The molecule has 238 valence electrons. The smallest absolute Gasteiger partial charge is 0.0491 e. The van der Waals surface area contributed by atoms with Gasteiger partial charge in [-0.05, 0) is 30.7 Å². The molecule has 0 saturated carbocycles. The van der Waals surface area contributed by atoms with Crippen molar-refractivity contribution in [3.8, 4) is 5.75 Å². The Bertz CT molecular complexity index is 2460. The van der Waals surface area contributed by atoms with Gasteiger partial charge in [-0.2, -0.15) is 0 Å². The summed E-state index contributed by atoms with van der Waals surface area (Å²) in [6.07, 6.45) is 6.68. The van der Waals surface area contributed by atoms with Gasteiger partial charge in [-0.25, -0.2) is 0 Å². The number of pyridine rings is 1. The largest absolute Gasteiger partial charge is 0.0529 e. The maximum Gasteiger partial charge on any atom is 0.0491 e. The van der Waals surface area contributed by atoms with Gasteiger partial charge in [0.25, 0.3) is 0 Å². The Morgan fingerprint density at radius 3 is 1.98 bits per heavy atom. The van der Waals surface area contributed by atoms with Crippen molar-refractivity contribution in [1.82, 2.24) is 4.57 Å². The third-order valence-corrected chi connectivity index (χ3v) is 14.8. The van der Waals surface area contributed by atoms with Crippen LogP contribution in [0.25, 0.3) is 44.9 Å². The van der Waals surface area contributed by atoms with Crippen molar-refractivity contribution >= 4 is 76.3 Å². The molecule has 49 heavy (non-hydrogen) atoms. The van der Waals surface area contributed by atoms with Crippen LogP contribution in [-0.4, -0.2) is 19.7 Å². The molecule has 0 aliphatic heterocycles. The monoisotopic (exact) mass is 719 g/mol. The Morgan fingerprint density at radius 1 is 0.633 bits per heavy atom. The van der Waals surface area contributed by atoms with E-state index in [0.717, 1.165) is 18.8 Å². The fraction of sp³-hybridized carbons (Fsp3) is 0.0682. The normalized spacial score (nSPS) is 11.9. The van der Waals surface area contributed by atoms with E-state index in [1.54, 1.807) is 0 Å².